The van der Waals surface area contributed by atoms with E-state index in [1.807, 2.05) is 0 Å². The molecule has 1 aliphatic heterocycles. The third kappa shape index (κ3) is 2.45. The Kier molecular flexibility index (Phi) is 2.96. The summed E-state index contributed by atoms with van der Waals surface area (Å²) < 4.78 is 0. The minimum absolute atomic E-state index is 0.663. The molecule has 0 spiro atoms. The van der Waals surface area contributed by atoms with Crippen molar-refractivity contribution in [3.63, 3.8) is 0 Å². The van der Waals surface area contributed by atoms with Crippen LogP contribution in [0.15, 0.2) is 0 Å². The van der Waals surface area contributed by atoms with Crippen molar-refractivity contribution in [1.29, 1.82) is 0 Å². The normalized spacial score (nSPS) is 29.1. The average molecular weight is 247 g/mol. The van der Waals surface area contributed by atoms with Gasteiger partial charge in [0.05, 0.1) is 0 Å². The number of alkyl halides is 1. The fraction of sp³-hybridized carbons (Fsp3) is 1.00. The van der Waals surface area contributed by atoms with Crippen LogP contribution in [-0.4, -0.2) is 54.9 Å². The second kappa shape index (κ2) is 3.87. The molecule has 1 aliphatic carbocycles. The van der Waals surface area contributed by atoms with E-state index < -0.39 is 0 Å². The Bertz CT molecular complexity index is 172. The maximum atomic E-state index is 3.63. The first kappa shape index (κ1) is 9.94. The van der Waals surface area contributed by atoms with Gasteiger partial charge in [0.15, 0.2) is 0 Å². The van der Waals surface area contributed by atoms with Crippen molar-refractivity contribution in [1.82, 2.24) is 9.80 Å². The van der Waals surface area contributed by atoms with Gasteiger partial charge in [0.1, 0.15) is 0 Å². The van der Waals surface area contributed by atoms with E-state index >= 15 is 0 Å². The molecule has 0 aromatic heterocycles. The summed E-state index contributed by atoms with van der Waals surface area (Å²) in [6.45, 7) is 6.36. The van der Waals surface area contributed by atoms with E-state index in [0.717, 1.165) is 0 Å². The molecule has 0 amide bonds. The summed E-state index contributed by atoms with van der Waals surface area (Å²) in [6.07, 6.45) is 2.87. The van der Waals surface area contributed by atoms with Crippen molar-refractivity contribution in [2.75, 3.05) is 45.1 Å². The summed E-state index contributed by atoms with van der Waals surface area (Å²) >= 11 is 3.63. The van der Waals surface area contributed by atoms with Gasteiger partial charge in [0, 0.05) is 38.1 Å². The van der Waals surface area contributed by atoms with Gasteiger partial charge in [-0.1, -0.05) is 15.9 Å². The molecule has 0 bridgehead atoms. The molecule has 2 fully saturated rings. The van der Waals surface area contributed by atoms with Crippen molar-refractivity contribution in [3.05, 3.63) is 0 Å². The molecule has 0 atom stereocenters. The average Bonchev–Trinajstić information content (AvgIpc) is 2.90. The second-order valence-corrected chi connectivity index (χ2v) is 5.27. The maximum absolute atomic E-state index is 3.63. The van der Waals surface area contributed by atoms with Crippen LogP contribution < -0.4 is 0 Å². The van der Waals surface area contributed by atoms with Crippen LogP contribution in [0.25, 0.3) is 0 Å². The molecule has 1 saturated carbocycles. The van der Waals surface area contributed by atoms with Gasteiger partial charge in [0.25, 0.3) is 0 Å². The van der Waals surface area contributed by atoms with Crippen LogP contribution in [0.5, 0.6) is 0 Å². The van der Waals surface area contributed by atoms with Crippen LogP contribution >= 0.6 is 15.9 Å². The standard InChI is InChI=1S/C10H19BrN2/c1-12-4-6-13(7-5-12)9-10(8-11)2-3-10/h2-9H2,1H3. The second-order valence-electron chi connectivity index (χ2n) is 4.71. The summed E-state index contributed by atoms with van der Waals surface area (Å²) in [5.74, 6) is 0. The molecule has 2 aliphatic rings. The predicted molar refractivity (Wildman–Crippen MR) is 59.4 cm³/mol. The Morgan fingerprint density at radius 1 is 1.15 bits per heavy atom. The number of rotatable bonds is 3. The third-order valence-electron chi connectivity index (χ3n) is 3.40. The summed E-state index contributed by atoms with van der Waals surface area (Å²) in [5, 5.41) is 1.20. The summed E-state index contributed by atoms with van der Waals surface area (Å²) in [7, 11) is 2.22. The first-order valence-electron chi connectivity index (χ1n) is 5.21. The fourth-order valence-electron chi connectivity index (χ4n) is 1.99. The van der Waals surface area contributed by atoms with Gasteiger partial charge in [-0.2, -0.15) is 0 Å². The van der Waals surface area contributed by atoms with Crippen molar-refractivity contribution < 1.29 is 0 Å². The van der Waals surface area contributed by atoms with Crippen molar-refractivity contribution in [2.24, 2.45) is 5.41 Å². The molecule has 0 N–H and O–H groups in total. The number of piperazine rings is 1. The van der Waals surface area contributed by atoms with Crippen LogP contribution in [0.4, 0.5) is 0 Å². The summed E-state index contributed by atoms with van der Waals surface area (Å²) in [6, 6.07) is 0. The largest absolute Gasteiger partial charge is 0.304 e. The summed E-state index contributed by atoms with van der Waals surface area (Å²) in [4.78, 5) is 5.05. The smallest absolute Gasteiger partial charge is 0.0110 e. The molecular weight excluding hydrogens is 228 g/mol. The van der Waals surface area contributed by atoms with Gasteiger partial charge >= 0.3 is 0 Å². The number of nitrogens with zero attached hydrogens (tertiary/aromatic N) is 2. The van der Waals surface area contributed by atoms with Crippen molar-refractivity contribution >= 4 is 15.9 Å². The van der Waals surface area contributed by atoms with Gasteiger partial charge in [0.2, 0.25) is 0 Å². The molecule has 0 unspecified atom stereocenters. The molecule has 0 aromatic carbocycles. The van der Waals surface area contributed by atoms with Crippen LogP contribution in [0.1, 0.15) is 12.8 Å². The highest BCUT2D eigenvalue weighted by molar-refractivity contribution is 9.09. The zero-order valence-electron chi connectivity index (χ0n) is 8.43. The lowest BCUT2D eigenvalue weighted by Gasteiger charge is -2.34. The molecule has 76 valence electrons. The van der Waals surface area contributed by atoms with Crippen molar-refractivity contribution in [2.45, 2.75) is 12.8 Å². The molecule has 2 nitrogen and oxygen atoms in total. The highest BCUT2D eigenvalue weighted by Crippen LogP contribution is 2.47. The first-order chi connectivity index (χ1) is 6.24. The van der Waals surface area contributed by atoms with Crippen LogP contribution in [0.2, 0.25) is 0 Å². The van der Waals surface area contributed by atoms with E-state index in [2.05, 4.69) is 32.8 Å². The minimum Gasteiger partial charge on any atom is -0.304 e. The lowest BCUT2D eigenvalue weighted by molar-refractivity contribution is 0.135. The van der Waals surface area contributed by atoms with E-state index in [4.69, 9.17) is 0 Å². The zero-order valence-corrected chi connectivity index (χ0v) is 10.0. The lowest BCUT2D eigenvalue weighted by Crippen LogP contribution is -2.46. The van der Waals surface area contributed by atoms with E-state index in [-0.39, 0.29) is 0 Å². The Labute approximate surface area is 89.4 Å². The van der Waals surface area contributed by atoms with Crippen LogP contribution in [-0.2, 0) is 0 Å². The molecule has 13 heavy (non-hydrogen) atoms. The molecule has 1 heterocycles. The van der Waals surface area contributed by atoms with E-state index in [0.29, 0.717) is 5.41 Å². The fourth-order valence-corrected chi connectivity index (χ4v) is 2.73. The van der Waals surface area contributed by atoms with E-state index in [1.165, 1.54) is 50.9 Å². The van der Waals surface area contributed by atoms with E-state index in [1.54, 1.807) is 0 Å². The SMILES string of the molecule is CN1CCN(CC2(CBr)CC2)CC1. The first-order valence-corrected chi connectivity index (χ1v) is 6.33. The number of likely N-dealkylation sites (N-methyl/N-ethyl adjacent to an activating group) is 1. The number of halogens is 1. The predicted octanol–water partition coefficient (Wildman–Crippen LogP) is 1.41. The lowest BCUT2D eigenvalue weighted by atomic mass is 10.1. The molecule has 3 heteroatoms. The Morgan fingerprint density at radius 2 is 1.77 bits per heavy atom. The number of hydrogen-bond donors (Lipinski definition) is 0. The van der Waals surface area contributed by atoms with Crippen LogP contribution in [0.3, 0.4) is 0 Å². The van der Waals surface area contributed by atoms with E-state index in [9.17, 15) is 0 Å². The highest BCUT2D eigenvalue weighted by atomic mass is 79.9. The highest BCUT2D eigenvalue weighted by Gasteiger charge is 2.42. The molecular formula is C10H19BrN2. The van der Waals surface area contributed by atoms with Gasteiger partial charge < -0.3 is 9.80 Å². The van der Waals surface area contributed by atoms with Gasteiger partial charge in [-0.25, -0.2) is 0 Å². The molecule has 0 aromatic rings. The maximum Gasteiger partial charge on any atom is 0.0110 e. The van der Waals surface area contributed by atoms with Crippen molar-refractivity contribution in [3.8, 4) is 0 Å². The Balaban J connectivity index is 1.76. The minimum atomic E-state index is 0.663. The van der Waals surface area contributed by atoms with Crippen LogP contribution in [0, 0.1) is 5.41 Å². The Hall–Kier alpha value is 0.400. The summed E-state index contributed by atoms with van der Waals surface area (Å²) in [5.41, 5.74) is 0.663. The third-order valence-corrected chi connectivity index (χ3v) is 4.58. The van der Waals surface area contributed by atoms with Gasteiger partial charge in [-0.05, 0) is 25.3 Å². The van der Waals surface area contributed by atoms with Gasteiger partial charge in [-0.15, -0.1) is 0 Å². The molecule has 2 rings (SSSR count). The van der Waals surface area contributed by atoms with Gasteiger partial charge in [-0.3, -0.25) is 0 Å². The quantitative estimate of drug-likeness (QED) is 0.696. The monoisotopic (exact) mass is 246 g/mol. The zero-order chi connectivity index (χ0) is 9.31. The topological polar surface area (TPSA) is 6.48 Å². The molecule has 1 saturated heterocycles. The molecule has 0 radical (unpaired) electrons. The number of hydrogen-bond acceptors (Lipinski definition) is 2. The Morgan fingerprint density at radius 3 is 2.23 bits per heavy atom.